The number of benzene rings is 2. The summed E-state index contributed by atoms with van der Waals surface area (Å²) >= 11 is 3.65. The molecule has 0 aliphatic heterocycles. The van der Waals surface area contributed by atoms with Crippen molar-refractivity contribution in [3.8, 4) is 23.0 Å². The molecule has 1 saturated carbocycles. The van der Waals surface area contributed by atoms with Crippen LogP contribution in [0.4, 0.5) is 0 Å². The van der Waals surface area contributed by atoms with Crippen molar-refractivity contribution in [1.82, 2.24) is 0 Å². The van der Waals surface area contributed by atoms with Crippen LogP contribution in [0.15, 0.2) is 34.1 Å². The predicted octanol–water partition coefficient (Wildman–Crippen LogP) is 5.41. The van der Waals surface area contributed by atoms with Crippen LogP contribution in [-0.2, 0) is 12.8 Å². The van der Waals surface area contributed by atoms with Crippen LogP contribution in [0.5, 0.6) is 23.0 Å². The smallest absolute Gasteiger partial charge is 0.132 e. The fraction of sp³-hybridized carbons (Fsp3) is 0.556. The van der Waals surface area contributed by atoms with E-state index >= 15 is 0 Å². The average molecular weight is 523 g/mol. The number of ether oxygens (including phenoxy) is 4. The Hall–Kier alpha value is -1.74. The molecule has 6 nitrogen and oxygen atoms in total. The van der Waals surface area contributed by atoms with Gasteiger partial charge in [-0.25, -0.2) is 0 Å². The van der Waals surface area contributed by atoms with E-state index in [4.69, 9.17) is 30.4 Å². The molecule has 4 N–H and O–H groups in total. The summed E-state index contributed by atoms with van der Waals surface area (Å²) < 4.78 is 21.7. The SMILES string of the molecule is CCCSc1cc(OC)c(CCN)cc1OC.COc1cc(SCC2CC2)c(OC)cc1CCN. The Balaban J connectivity index is 0.000000247. The Bertz CT molecular complexity index is 907. The van der Waals surface area contributed by atoms with Crippen LogP contribution >= 0.6 is 23.5 Å². The zero-order valence-corrected chi connectivity index (χ0v) is 23.5. The zero-order chi connectivity index (χ0) is 25.6. The first kappa shape index (κ1) is 29.5. The quantitative estimate of drug-likeness (QED) is 0.318. The minimum Gasteiger partial charge on any atom is -0.496 e. The van der Waals surface area contributed by atoms with E-state index in [1.54, 1.807) is 40.2 Å². The Kier molecular flexibility index (Phi) is 13.6. The van der Waals surface area contributed by atoms with E-state index in [1.165, 1.54) is 23.5 Å². The summed E-state index contributed by atoms with van der Waals surface area (Å²) in [6, 6.07) is 8.21. The number of nitrogens with two attached hydrogens (primary N) is 2. The van der Waals surface area contributed by atoms with Gasteiger partial charge in [0.2, 0.25) is 0 Å². The third kappa shape index (κ3) is 9.33. The molecule has 0 heterocycles. The number of hydrogen-bond donors (Lipinski definition) is 2. The van der Waals surface area contributed by atoms with Crippen molar-refractivity contribution in [2.24, 2.45) is 17.4 Å². The molecule has 0 spiro atoms. The molecule has 0 unspecified atom stereocenters. The molecular weight excluding hydrogens is 480 g/mol. The monoisotopic (exact) mass is 522 g/mol. The summed E-state index contributed by atoms with van der Waals surface area (Å²) in [5.41, 5.74) is 13.4. The van der Waals surface area contributed by atoms with Crippen LogP contribution in [-0.4, -0.2) is 53.0 Å². The molecule has 1 fully saturated rings. The minimum atomic E-state index is 0.612. The second kappa shape index (κ2) is 16.1. The van der Waals surface area contributed by atoms with Gasteiger partial charge < -0.3 is 30.4 Å². The van der Waals surface area contributed by atoms with Gasteiger partial charge in [0.05, 0.1) is 38.2 Å². The summed E-state index contributed by atoms with van der Waals surface area (Å²) in [7, 11) is 6.81. The van der Waals surface area contributed by atoms with Crippen LogP contribution in [0.2, 0.25) is 0 Å². The van der Waals surface area contributed by atoms with Crippen molar-refractivity contribution in [2.45, 2.75) is 48.8 Å². The molecule has 0 amide bonds. The normalized spacial score (nSPS) is 12.5. The largest absolute Gasteiger partial charge is 0.496 e. The summed E-state index contributed by atoms with van der Waals surface area (Å²) in [5.74, 6) is 6.81. The zero-order valence-electron chi connectivity index (χ0n) is 21.9. The summed E-state index contributed by atoms with van der Waals surface area (Å²) in [4.78, 5) is 2.30. The van der Waals surface area contributed by atoms with Gasteiger partial charge in [-0.3, -0.25) is 0 Å². The molecule has 2 aromatic carbocycles. The lowest BCUT2D eigenvalue weighted by Gasteiger charge is -2.14. The van der Waals surface area contributed by atoms with Crippen LogP contribution in [0.3, 0.4) is 0 Å². The Morgan fingerprint density at radius 2 is 1.17 bits per heavy atom. The number of hydrogen-bond acceptors (Lipinski definition) is 8. The lowest BCUT2D eigenvalue weighted by molar-refractivity contribution is 0.390. The Morgan fingerprint density at radius 3 is 1.54 bits per heavy atom. The molecule has 1 aliphatic carbocycles. The number of methoxy groups -OCH3 is 4. The van der Waals surface area contributed by atoms with Gasteiger partial charge in [0.15, 0.2) is 0 Å². The maximum atomic E-state index is 5.62. The van der Waals surface area contributed by atoms with E-state index in [0.717, 1.165) is 70.0 Å². The third-order valence-corrected chi connectivity index (χ3v) is 8.10. The van der Waals surface area contributed by atoms with Gasteiger partial charge in [0, 0.05) is 5.75 Å². The summed E-state index contributed by atoms with van der Waals surface area (Å²) in [6.07, 6.45) is 5.50. The molecule has 8 heteroatoms. The Morgan fingerprint density at radius 1 is 0.714 bits per heavy atom. The van der Waals surface area contributed by atoms with Gasteiger partial charge in [-0.1, -0.05) is 6.92 Å². The number of rotatable bonds is 14. The van der Waals surface area contributed by atoms with Crippen LogP contribution in [0.1, 0.15) is 37.3 Å². The maximum absolute atomic E-state index is 5.62. The van der Waals surface area contributed by atoms with E-state index < -0.39 is 0 Å². The van der Waals surface area contributed by atoms with E-state index in [-0.39, 0.29) is 0 Å². The average Bonchev–Trinajstić information content (AvgIpc) is 3.71. The third-order valence-electron chi connectivity index (χ3n) is 5.59. The second-order valence-corrected chi connectivity index (χ2v) is 10.5. The molecule has 0 aromatic heterocycles. The van der Waals surface area contributed by atoms with E-state index in [0.29, 0.717) is 13.1 Å². The Labute approximate surface area is 219 Å². The summed E-state index contributed by atoms with van der Waals surface area (Å²) in [6.45, 7) is 3.40. The van der Waals surface area contributed by atoms with Gasteiger partial charge in [0.25, 0.3) is 0 Å². The first-order valence-corrected chi connectivity index (χ1v) is 14.2. The van der Waals surface area contributed by atoms with E-state index in [9.17, 15) is 0 Å². The minimum absolute atomic E-state index is 0.612. The molecule has 2 aromatic rings. The molecule has 1 aliphatic rings. The molecule has 0 radical (unpaired) electrons. The van der Waals surface area contributed by atoms with E-state index in [1.807, 2.05) is 23.9 Å². The standard InChI is InChI=1S/C14H21NO2S.C13H21NO2S/c1-16-12-8-14(18-9-10-3-4-10)13(17-2)7-11(12)5-6-15;1-4-7-17-13-9-11(15-2)10(5-6-14)8-12(13)16-3/h7-8,10H,3-6,9,15H2,1-2H3;8-9H,4-7,14H2,1-3H3. The molecule has 3 rings (SSSR count). The molecule has 196 valence electrons. The molecule has 0 atom stereocenters. The summed E-state index contributed by atoms with van der Waals surface area (Å²) in [5, 5.41) is 0. The van der Waals surface area contributed by atoms with Crippen molar-refractivity contribution in [2.75, 3.05) is 53.0 Å². The lowest BCUT2D eigenvalue weighted by atomic mass is 10.1. The van der Waals surface area contributed by atoms with Crippen LogP contribution in [0.25, 0.3) is 0 Å². The van der Waals surface area contributed by atoms with Crippen molar-refractivity contribution >= 4 is 23.5 Å². The van der Waals surface area contributed by atoms with Gasteiger partial charge in [-0.15, -0.1) is 23.5 Å². The highest BCUT2D eigenvalue weighted by atomic mass is 32.2. The van der Waals surface area contributed by atoms with Crippen LogP contribution < -0.4 is 30.4 Å². The molecular formula is C27H42N2O4S2. The highest BCUT2D eigenvalue weighted by Crippen LogP contribution is 2.41. The first-order chi connectivity index (χ1) is 17.0. The van der Waals surface area contributed by atoms with Gasteiger partial charge in [-0.2, -0.15) is 0 Å². The predicted molar refractivity (Wildman–Crippen MR) is 149 cm³/mol. The van der Waals surface area contributed by atoms with Crippen molar-refractivity contribution < 1.29 is 18.9 Å². The molecule has 0 saturated heterocycles. The molecule has 0 bridgehead atoms. The fourth-order valence-electron chi connectivity index (χ4n) is 3.50. The first-order valence-electron chi connectivity index (χ1n) is 12.2. The highest BCUT2D eigenvalue weighted by molar-refractivity contribution is 7.99. The second-order valence-electron chi connectivity index (χ2n) is 8.31. The topological polar surface area (TPSA) is 89.0 Å². The van der Waals surface area contributed by atoms with E-state index in [2.05, 4.69) is 19.1 Å². The molecule has 35 heavy (non-hydrogen) atoms. The van der Waals surface area contributed by atoms with Gasteiger partial charge in [0.1, 0.15) is 23.0 Å². The lowest BCUT2D eigenvalue weighted by Crippen LogP contribution is -2.05. The highest BCUT2D eigenvalue weighted by Gasteiger charge is 2.22. The van der Waals surface area contributed by atoms with Crippen LogP contribution in [0, 0.1) is 5.92 Å². The fourth-order valence-corrected chi connectivity index (χ4v) is 5.62. The van der Waals surface area contributed by atoms with Crippen molar-refractivity contribution in [1.29, 1.82) is 0 Å². The van der Waals surface area contributed by atoms with Crippen molar-refractivity contribution in [3.05, 3.63) is 35.4 Å². The maximum Gasteiger partial charge on any atom is 0.132 e. The number of thioether (sulfide) groups is 2. The van der Waals surface area contributed by atoms with Crippen molar-refractivity contribution in [3.63, 3.8) is 0 Å². The van der Waals surface area contributed by atoms with Gasteiger partial charge in [-0.05, 0) is 92.3 Å². The van der Waals surface area contributed by atoms with Gasteiger partial charge >= 0.3 is 0 Å².